The second kappa shape index (κ2) is 11.6. The molecule has 0 spiro atoms. The highest BCUT2D eigenvalue weighted by Gasteiger charge is 2.05. The zero-order valence-electron chi connectivity index (χ0n) is 17.1. The van der Waals surface area contributed by atoms with Crippen LogP contribution in [0.4, 0.5) is 0 Å². The van der Waals surface area contributed by atoms with Crippen molar-refractivity contribution in [3.05, 3.63) is 60.0 Å². The fourth-order valence-corrected chi connectivity index (χ4v) is 2.74. The van der Waals surface area contributed by atoms with E-state index in [1.807, 2.05) is 40.9 Å². The summed E-state index contributed by atoms with van der Waals surface area (Å²) in [7, 11) is 1.76. The predicted octanol–water partition coefficient (Wildman–Crippen LogP) is 3.29. The lowest BCUT2D eigenvalue weighted by Crippen LogP contribution is -2.38. The van der Waals surface area contributed by atoms with Crippen LogP contribution in [-0.2, 0) is 13.0 Å². The zero-order valence-corrected chi connectivity index (χ0v) is 19.5. The maximum absolute atomic E-state index is 5.72. The van der Waals surface area contributed by atoms with Crippen molar-refractivity contribution in [1.29, 1.82) is 0 Å². The third-order valence-corrected chi connectivity index (χ3v) is 4.23. The van der Waals surface area contributed by atoms with Gasteiger partial charge < -0.3 is 15.4 Å². The van der Waals surface area contributed by atoms with Crippen LogP contribution < -0.4 is 15.4 Å². The summed E-state index contributed by atoms with van der Waals surface area (Å²) in [6.07, 6.45) is 2.86. The molecule has 3 rings (SSSR count). The monoisotopic (exact) mass is 508 g/mol. The average molecular weight is 508 g/mol. The maximum Gasteiger partial charge on any atom is 0.191 e. The van der Waals surface area contributed by atoms with E-state index >= 15 is 0 Å². The van der Waals surface area contributed by atoms with Crippen molar-refractivity contribution in [2.45, 2.75) is 26.8 Å². The standard InChI is InChI=1S/C21H28N6O.HI/c1-16(2)15-28-18-9-7-17(8-10-18)11-12-23-21(22-3)24-14-20-26-25-19-6-4-5-13-27(19)20;/h4-10,13,16H,11-12,14-15H2,1-3H3,(H2,22,23,24);1H. The van der Waals surface area contributed by atoms with Gasteiger partial charge in [0.25, 0.3) is 0 Å². The minimum absolute atomic E-state index is 0. The van der Waals surface area contributed by atoms with Crippen LogP contribution in [-0.4, -0.2) is 40.8 Å². The maximum atomic E-state index is 5.72. The van der Waals surface area contributed by atoms with E-state index in [-0.39, 0.29) is 24.0 Å². The SMILES string of the molecule is CN=C(NCCc1ccc(OCC(C)C)cc1)NCc1nnc2ccccn12.I. The molecular weight excluding hydrogens is 479 g/mol. The summed E-state index contributed by atoms with van der Waals surface area (Å²) in [5, 5.41) is 15.0. The lowest BCUT2D eigenvalue weighted by atomic mass is 10.1. The molecule has 2 heterocycles. The zero-order chi connectivity index (χ0) is 19.8. The van der Waals surface area contributed by atoms with Gasteiger partial charge in [-0.25, -0.2) is 0 Å². The number of nitrogens with one attached hydrogen (secondary N) is 2. The van der Waals surface area contributed by atoms with Crippen LogP contribution in [0.25, 0.3) is 5.65 Å². The Balaban J connectivity index is 0.00000300. The van der Waals surface area contributed by atoms with Gasteiger partial charge in [0.05, 0.1) is 13.2 Å². The van der Waals surface area contributed by atoms with Crippen molar-refractivity contribution in [2.75, 3.05) is 20.2 Å². The largest absolute Gasteiger partial charge is 0.493 e. The molecule has 29 heavy (non-hydrogen) atoms. The molecule has 0 amide bonds. The van der Waals surface area contributed by atoms with Crippen molar-refractivity contribution < 1.29 is 4.74 Å². The fraction of sp³-hybridized carbons (Fsp3) is 0.381. The van der Waals surface area contributed by atoms with Crippen LogP contribution in [0, 0.1) is 5.92 Å². The van der Waals surface area contributed by atoms with Gasteiger partial charge in [0.1, 0.15) is 5.75 Å². The molecule has 3 aromatic rings. The number of hydrogen-bond donors (Lipinski definition) is 2. The number of nitrogens with zero attached hydrogens (tertiary/aromatic N) is 4. The number of fused-ring (bicyclic) bond motifs is 1. The molecule has 156 valence electrons. The fourth-order valence-electron chi connectivity index (χ4n) is 2.74. The predicted molar refractivity (Wildman–Crippen MR) is 127 cm³/mol. The average Bonchev–Trinajstić information content (AvgIpc) is 3.13. The topological polar surface area (TPSA) is 75.8 Å². The Labute approximate surface area is 189 Å². The van der Waals surface area contributed by atoms with Gasteiger partial charge in [0.15, 0.2) is 17.4 Å². The third-order valence-electron chi connectivity index (χ3n) is 4.23. The quantitative estimate of drug-likeness (QED) is 0.278. The third kappa shape index (κ3) is 6.88. The van der Waals surface area contributed by atoms with E-state index in [1.54, 1.807) is 7.05 Å². The Morgan fingerprint density at radius 1 is 1.10 bits per heavy atom. The molecule has 0 radical (unpaired) electrons. The Bertz CT molecular complexity index is 907. The summed E-state index contributed by atoms with van der Waals surface area (Å²) in [5.41, 5.74) is 2.09. The van der Waals surface area contributed by atoms with Gasteiger partial charge in [0.2, 0.25) is 0 Å². The molecule has 0 bridgehead atoms. The highest BCUT2D eigenvalue weighted by molar-refractivity contribution is 14.0. The first-order valence-electron chi connectivity index (χ1n) is 9.60. The van der Waals surface area contributed by atoms with Crippen molar-refractivity contribution >= 4 is 35.6 Å². The van der Waals surface area contributed by atoms with Gasteiger partial charge in [-0.2, -0.15) is 0 Å². The molecule has 0 saturated carbocycles. The number of pyridine rings is 1. The van der Waals surface area contributed by atoms with Crippen LogP contribution in [0.5, 0.6) is 5.75 Å². The smallest absolute Gasteiger partial charge is 0.191 e. The van der Waals surface area contributed by atoms with Gasteiger partial charge in [-0.3, -0.25) is 9.39 Å². The van der Waals surface area contributed by atoms with E-state index in [1.165, 1.54) is 5.56 Å². The summed E-state index contributed by atoms with van der Waals surface area (Å²) in [6, 6.07) is 14.1. The molecule has 0 aliphatic heterocycles. The molecule has 0 unspecified atom stereocenters. The molecule has 0 atom stereocenters. The van der Waals surface area contributed by atoms with E-state index in [2.05, 4.69) is 51.8 Å². The minimum atomic E-state index is 0. The second-order valence-electron chi connectivity index (χ2n) is 7.00. The molecular formula is C21H29IN6O. The first-order valence-corrected chi connectivity index (χ1v) is 9.60. The summed E-state index contributed by atoms with van der Waals surface area (Å²) in [4.78, 5) is 4.27. The number of aromatic nitrogens is 3. The Kier molecular flexibility index (Phi) is 9.17. The van der Waals surface area contributed by atoms with Crippen molar-refractivity contribution in [3.63, 3.8) is 0 Å². The molecule has 0 aliphatic carbocycles. The van der Waals surface area contributed by atoms with Gasteiger partial charge in [-0.15, -0.1) is 34.2 Å². The molecule has 1 aromatic carbocycles. The number of halogens is 1. The van der Waals surface area contributed by atoms with E-state index in [0.29, 0.717) is 12.5 Å². The van der Waals surface area contributed by atoms with E-state index in [9.17, 15) is 0 Å². The van der Waals surface area contributed by atoms with Crippen molar-refractivity contribution in [2.24, 2.45) is 10.9 Å². The highest BCUT2D eigenvalue weighted by Crippen LogP contribution is 2.13. The Morgan fingerprint density at radius 3 is 2.62 bits per heavy atom. The summed E-state index contributed by atoms with van der Waals surface area (Å²) < 4.78 is 7.68. The summed E-state index contributed by atoms with van der Waals surface area (Å²) in [6.45, 7) is 6.36. The molecule has 0 fully saturated rings. The van der Waals surface area contributed by atoms with Gasteiger partial charge >= 0.3 is 0 Å². The van der Waals surface area contributed by atoms with Gasteiger partial charge in [0, 0.05) is 19.8 Å². The molecule has 0 saturated heterocycles. The number of ether oxygens (including phenoxy) is 1. The highest BCUT2D eigenvalue weighted by atomic mass is 127. The second-order valence-corrected chi connectivity index (χ2v) is 7.00. The lowest BCUT2D eigenvalue weighted by Gasteiger charge is -2.12. The van der Waals surface area contributed by atoms with E-state index in [0.717, 1.165) is 42.8 Å². The molecule has 7 nitrogen and oxygen atoms in total. The molecule has 2 N–H and O–H groups in total. The minimum Gasteiger partial charge on any atom is -0.493 e. The summed E-state index contributed by atoms with van der Waals surface area (Å²) >= 11 is 0. The van der Waals surface area contributed by atoms with Crippen LogP contribution in [0.3, 0.4) is 0 Å². The first-order chi connectivity index (χ1) is 13.7. The number of aliphatic imine (C=N–C) groups is 1. The van der Waals surface area contributed by atoms with Crippen molar-refractivity contribution in [3.8, 4) is 5.75 Å². The Morgan fingerprint density at radius 2 is 1.90 bits per heavy atom. The van der Waals surface area contributed by atoms with Crippen LogP contribution >= 0.6 is 24.0 Å². The van der Waals surface area contributed by atoms with E-state index in [4.69, 9.17) is 4.74 Å². The van der Waals surface area contributed by atoms with Gasteiger partial charge in [-0.1, -0.05) is 32.0 Å². The first kappa shape index (κ1) is 22.9. The van der Waals surface area contributed by atoms with Crippen LogP contribution in [0.1, 0.15) is 25.2 Å². The number of rotatable bonds is 8. The van der Waals surface area contributed by atoms with E-state index < -0.39 is 0 Å². The normalized spacial score (nSPS) is 11.4. The van der Waals surface area contributed by atoms with Gasteiger partial charge in [-0.05, 0) is 42.2 Å². The Hall–Kier alpha value is -2.36. The van der Waals surface area contributed by atoms with Crippen LogP contribution in [0.15, 0.2) is 53.7 Å². The number of benzene rings is 1. The van der Waals surface area contributed by atoms with Crippen LogP contribution in [0.2, 0.25) is 0 Å². The lowest BCUT2D eigenvalue weighted by molar-refractivity contribution is 0.271. The van der Waals surface area contributed by atoms with Crippen molar-refractivity contribution in [1.82, 2.24) is 25.2 Å². The molecule has 8 heteroatoms. The molecule has 0 aliphatic rings. The molecule has 2 aromatic heterocycles. The number of hydrogen-bond acceptors (Lipinski definition) is 4. The summed E-state index contributed by atoms with van der Waals surface area (Å²) in [5.74, 6) is 3.03. The number of guanidine groups is 1.